The Morgan fingerprint density at radius 1 is 1.14 bits per heavy atom. The van der Waals surface area contributed by atoms with E-state index in [1.807, 2.05) is 0 Å². The first-order chi connectivity index (χ1) is 9.91. The number of fused-ring (bicyclic) bond motifs is 3. The average molecular weight is 341 g/mol. The molecule has 0 spiro atoms. The highest BCUT2D eigenvalue weighted by molar-refractivity contribution is 7.91. The lowest BCUT2D eigenvalue weighted by Crippen LogP contribution is -2.07. The fourth-order valence-corrected chi connectivity index (χ4v) is 3.85. The van der Waals surface area contributed by atoms with Crippen molar-refractivity contribution in [2.75, 3.05) is 0 Å². The van der Waals surface area contributed by atoms with Crippen LogP contribution in [0.2, 0.25) is 5.02 Å². The number of sulfone groups is 1. The summed E-state index contributed by atoms with van der Waals surface area (Å²) in [6.45, 7) is 0.103. The number of halogens is 1. The SMILES string of the molecule is C.O=C(O)c1ccc2c(c1Cl)OCc1ccc(cc1)S2(=O)=O. The van der Waals surface area contributed by atoms with Crippen LogP contribution in [0.1, 0.15) is 23.3 Å². The molecule has 2 heterocycles. The van der Waals surface area contributed by atoms with E-state index in [1.165, 1.54) is 18.2 Å². The van der Waals surface area contributed by atoms with E-state index in [0.29, 0.717) is 0 Å². The van der Waals surface area contributed by atoms with Crippen molar-refractivity contribution >= 4 is 27.4 Å². The second-order valence-electron chi connectivity index (χ2n) is 4.50. The van der Waals surface area contributed by atoms with E-state index >= 15 is 0 Å². The summed E-state index contributed by atoms with van der Waals surface area (Å²) in [7, 11) is -3.82. The van der Waals surface area contributed by atoms with Crippen LogP contribution in [0.15, 0.2) is 46.2 Å². The summed E-state index contributed by atoms with van der Waals surface area (Å²) in [6, 6.07) is 8.63. The van der Waals surface area contributed by atoms with E-state index in [2.05, 4.69) is 0 Å². The van der Waals surface area contributed by atoms with Gasteiger partial charge in [0.1, 0.15) is 11.5 Å². The Hall–Kier alpha value is -2.05. The molecule has 2 aromatic carbocycles. The largest absolute Gasteiger partial charge is 0.486 e. The molecule has 0 amide bonds. The van der Waals surface area contributed by atoms with Crippen molar-refractivity contribution in [3.8, 4) is 5.75 Å². The molecule has 2 aliphatic rings. The number of aromatic carboxylic acids is 1. The topological polar surface area (TPSA) is 80.7 Å². The van der Waals surface area contributed by atoms with Crippen molar-refractivity contribution in [2.24, 2.45) is 0 Å². The molecule has 0 fully saturated rings. The molecule has 0 aliphatic carbocycles. The molecule has 7 heteroatoms. The average Bonchev–Trinajstić information content (AvgIpc) is 2.52. The van der Waals surface area contributed by atoms with Crippen molar-refractivity contribution < 1.29 is 23.1 Å². The number of carboxylic acids is 1. The molecule has 1 N–H and O–H groups in total. The Balaban J connectivity index is 0.00000176. The maximum absolute atomic E-state index is 12.6. The number of carbonyl (C=O) groups is 1. The predicted molar refractivity (Wildman–Crippen MR) is 81.4 cm³/mol. The van der Waals surface area contributed by atoms with Crippen LogP contribution in [-0.2, 0) is 16.4 Å². The molecule has 0 radical (unpaired) electrons. The highest BCUT2D eigenvalue weighted by Gasteiger charge is 2.28. The van der Waals surface area contributed by atoms with Crippen LogP contribution in [0.3, 0.4) is 0 Å². The van der Waals surface area contributed by atoms with Gasteiger partial charge >= 0.3 is 5.97 Å². The molecule has 22 heavy (non-hydrogen) atoms. The number of ether oxygens (including phenoxy) is 1. The van der Waals surface area contributed by atoms with Crippen LogP contribution in [0, 0.1) is 0 Å². The van der Waals surface area contributed by atoms with Gasteiger partial charge in [-0.1, -0.05) is 31.2 Å². The van der Waals surface area contributed by atoms with Gasteiger partial charge in [-0.3, -0.25) is 0 Å². The second kappa shape index (κ2) is 5.62. The summed E-state index contributed by atoms with van der Waals surface area (Å²) in [5.41, 5.74) is 0.562. The van der Waals surface area contributed by atoms with Gasteiger partial charge in [0.25, 0.3) is 0 Å². The summed E-state index contributed by atoms with van der Waals surface area (Å²) in [5, 5.41) is 8.85. The number of benzene rings is 2. The maximum atomic E-state index is 12.6. The molecule has 0 unspecified atom stereocenters. The molecule has 2 aliphatic heterocycles. The lowest BCUT2D eigenvalue weighted by atomic mass is 10.2. The monoisotopic (exact) mass is 340 g/mol. The number of hydrogen-bond acceptors (Lipinski definition) is 4. The van der Waals surface area contributed by atoms with Gasteiger partial charge in [0, 0.05) is 0 Å². The third-order valence-corrected chi connectivity index (χ3v) is 5.37. The van der Waals surface area contributed by atoms with Gasteiger partial charge in [-0.25, -0.2) is 13.2 Å². The predicted octanol–water partition coefficient (Wildman–Crippen LogP) is 3.40. The third kappa shape index (κ3) is 2.44. The summed E-state index contributed by atoms with van der Waals surface area (Å²) in [4.78, 5) is 11.1. The third-order valence-electron chi connectivity index (χ3n) is 3.20. The van der Waals surface area contributed by atoms with Crippen molar-refractivity contribution in [2.45, 2.75) is 23.8 Å². The molecule has 4 rings (SSSR count). The molecule has 5 nitrogen and oxygen atoms in total. The van der Waals surface area contributed by atoms with Crippen molar-refractivity contribution in [3.63, 3.8) is 0 Å². The lowest BCUT2D eigenvalue weighted by molar-refractivity contribution is 0.0696. The Bertz CT molecular complexity index is 841. The van der Waals surface area contributed by atoms with Gasteiger partial charge in [0.2, 0.25) is 9.84 Å². The molecular formula is C15H13ClO5S. The molecule has 0 saturated carbocycles. The highest BCUT2D eigenvalue weighted by atomic mass is 35.5. The smallest absolute Gasteiger partial charge is 0.337 e. The maximum Gasteiger partial charge on any atom is 0.337 e. The summed E-state index contributed by atoms with van der Waals surface area (Å²) in [6.07, 6.45) is 0. The Morgan fingerprint density at radius 2 is 1.77 bits per heavy atom. The highest BCUT2D eigenvalue weighted by Crippen LogP contribution is 2.39. The number of carboxylic acid groups (broad SMARTS) is 1. The molecular weight excluding hydrogens is 328 g/mol. The molecule has 0 aromatic heterocycles. The van der Waals surface area contributed by atoms with Crippen molar-refractivity contribution in [1.82, 2.24) is 0 Å². The minimum Gasteiger partial charge on any atom is -0.486 e. The summed E-state index contributed by atoms with van der Waals surface area (Å²) in [5.74, 6) is -1.37. The fraction of sp³-hybridized carbons (Fsp3) is 0.133. The first kappa shape index (κ1) is 16.3. The van der Waals surface area contributed by atoms with E-state index in [9.17, 15) is 13.2 Å². The van der Waals surface area contributed by atoms with Crippen LogP contribution >= 0.6 is 11.6 Å². The van der Waals surface area contributed by atoms with E-state index in [1.54, 1.807) is 12.1 Å². The summed E-state index contributed by atoms with van der Waals surface area (Å²) < 4.78 is 30.6. The molecule has 116 valence electrons. The number of rotatable bonds is 1. The van der Waals surface area contributed by atoms with Gasteiger partial charge in [-0.15, -0.1) is 0 Å². The second-order valence-corrected chi connectivity index (χ2v) is 6.79. The van der Waals surface area contributed by atoms with E-state index in [0.717, 1.165) is 11.6 Å². The first-order valence-electron chi connectivity index (χ1n) is 5.94. The number of hydrogen-bond donors (Lipinski definition) is 1. The summed E-state index contributed by atoms with van der Waals surface area (Å²) >= 11 is 6.01. The lowest BCUT2D eigenvalue weighted by Gasteiger charge is -2.13. The minimum absolute atomic E-state index is 0. The zero-order chi connectivity index (χ0) is 15.2. The normalized spacial score (nSPS) is 14.6. The minimum atomic E-state index is -3.82. The molecule has 2 aromatic rings. The first-order valence-corrected chi connectivity index (χ1v) is 7.80. The van der Waals surface area contributed by atoms with Crippen LogP contribution in [-0.4, -0.2) is 19.5 Å². The van der Waals surface area contributed by atoms with Gasteiger partial charge in [0.15, 0.2) is 5.75 Å². The Labute approximate surface area is 133 Å². The van der Waals surface area contributed by atoms with E-state index < -0.39 is 15.8 Å². The fourth-order valence-electron chi connectivity index (χ4n) is 2.10. The zero-order valence-electron chi connectivity index (χ0n) is 10.5. The van der Waals surface area contributed by atoms with Gasteiger partial charge in [0.05, 0.1) is 15.5 Å². The molecule has 2 bridgehead atoms. The molecule has 0 saturated heterocycles. The van der Waals surface area contributed by atoms with E-state index in [-0.39, 0.29) is 40.2 Å². The van der Waals surface area contributed by atoms with Crippen LogP contribution in [0.25, 0.3) is 0 Å². The van der Waals surface area contributed by atoms with Gasteiger partial charge in [-0.2, -0.15) is 0 Å². The van der Waals surface area contributed by atoms with Crippen LogP contribution < -0.4 is 4.74 Å². The van der Waals surface area contributed by atoms with E-state index in [4.69, 9.17) is 21.4 Å². The quantitative estimate of drug-likeness (QED) is 0.860. The molecule has 0 atom stereocenters. The Kier molecular flexibility index (Phi) is 4.17. The standard InChI is InChI=1S/C14H9ClO5S.CH4/c15-12-10(14(16)17)5-6-11-13(12)20-7-8-1-3-9(4-2-8)21(11,18)19;/h1-6H,7H2,(H,16,17);1H4. The van der Waals surface area contributed by atoms with Gasteiger partial charge in [-0.05, 0) is 29.8 Å². The van der Waals surface area contributed by atoms with Crippen LogP contribution in [0.4, 0.5) is 0 Å². The zero-order valence-corrected chi connectivity index (χ0v) is 12.1. The van der Waals surface area contributed by atoms with Gasteiger partial charge < -0.3 is 9.84 Å². The van der Waals surface area contributed by atoms with Crippen molar-refractivity contribution in [1.29, 1.82) is 0 Å². The van der Waals surface area contributed by atoms with Crippen molar-refractivity contribution in [3.05, 3.63) is 52.5 Å². The van der Waals surface area contributed by atoms with Crippen LogP contribution in [0.5, 0.6) is 5.75 Å². The Morgan fingerprint density at radius 3 is 2.36 bits per heavy atom.